The number of aromatic nitrogens is 1. The molecule has 0 saturated carbocycles. The van der Waals surface area contributed by atoms with E-state index in [2.05, 4.69) is 47.5 Å². The third kappa shape index (κ3) is 2.80. The molecule has 0 saturated heterocycles. The molecule has 0 aliphatic heterocycles. The number of rotatable bonds is 3. The van der Waals surface area contributed by atoms with E-state index >= 15 is 0 Å². The summed E-state index contributed by atoms with van der Waals surface area (Å²) >= 11 is 0. The maximum absolute atomic E-state index is 4.44. The molecule has 0 spiro atoms. The van der Waals surface area contributed by atoms with Gasteiger partial charge in [-0.25, -0.2) is 0 Å². The van der Waals surface area contributed by atoms with Gasteiger partial charge in [-0.2, -0.15) is 0 Å². The third-order valence-corrected chi connectivity index (χ3v) is 2.43. The fourth-order valence-corrected chi connectivity index (χ4v) is 1.64. The van der Waals surface area contributed by atoms with Gasteiger partial charge in [-0.15, -0.1) is 0 Å². The molecule has 0 bridgehead atoms. The van der Waals surface area contributed by atoms with Crippen LogP contribution in [0.1, 0.15) is 23.7 Å². The molecule has 1 heterocycles. The van der Waals surface area contributed by atoms with Crippen LogP contribution in [0.15, 0.2) is 54.7 Å². The van der Waals surface area contributed by atoms with Crippen molar-refractivity contribution in [1.82, 2.24) is 4.98 Å². The van der Waals surface area contributed by atoms with Crippen LogP contribution in [0.2, 0.25) is 0 Å². The zero-order valence-electron chi connectivity index (χ0n) is 9.43. The second kappa shape index (κ2) is 5.26. The number of benzene rings is 1. The van der Waals surface area contributed by atoms with Crippen LogP contribution in [0.5, 0.6) is 0 Å². The maximum atomic E-state index is 4.44. The summed E-state index contributed by atoms with van der Waals surface area (Å²) in [4.78, 5) is 4.44. The Kier molecular flexibility index (Phi) is 3.50. The van der Waals surface area contributed by atoms with Crippen molar-refractivity contribution < 1.29 is 0 Å². The molecule has 0 radical (unpaired) electrons. The lowest BCUT2D eigenvalue weighted by Gasteiger charge is -2.01. The van der Waals surface area contributed by atoms with E-state index in [0.29, 0.717) is 0 Å². The summed E-state index contributed by atoms with van der Waals surface area (Å²) in [6.07, 6.45) is 6.89. The molecule has 80 valence electrons. The van der Waals surface area contributed by atoms with Crippen LogP contribution in [0.3, 0.4) is 0 Å². The van der Waals surface area contributed by atoms with Gasteiger partial charge in [0.05, 0.1) is 0 Å². The van der Waals surface area contributed by atoms with Crippen molar-refractivity contribution in [3.63, 3.8) is 0 Å². The lowest BCUT2D eigenvalue weighted by molar-refractivity contribution is 1.07. The Morgan fingerprint density at radius 1 is 1.06 bits per heavy atom. The molecular weight excluding hydrogens is 194 g/mol. The predicted octanol–water partition coefficient (Wildman–Crippen LogP) is 3.71. The van der Waals surface area contributed by atoms with E-state index < -0.39 is 0 Å². The van der Waals surface area contributed by atoms with Crippen LogP contribution in [-0.2, 0) is 6.42 Å². The van der Waals surface area contributed by atoms with Crippen molar-refractivity contribution in [3.8, 4) is 0 Å². The van der Waals surface area contributed by atoms with Gasteiger partial charge in [0.25, 0.3) is 0 Å². The Balaban J connectivity index is 2.11. The number of hydrogen-bond donors (Lipinski definition) is 0. The molecule has 0 atom stereocenters. The lowest BCUT2D eigenvalue weighted by atomic mass is 10.1. The van der Waals surface area contributed by atoms with Crippen molar-refractivity contribution in [1.29, 1.82) is 0 Å². The maximum Gasteiger partial charge on any atom is 0.0447 e. The highest BCUT2D eigenvalue weighted by Crippen LogP contribution is 2.08. The highest BCUT2D eigenvalue weighted by Gasteiger charge is 1.96. The average Bonchev–Trinajstić information content (AvgIpc) is 2.33. The van der Waals surface area contributed by atoms with Crippen LogP contribution in [0.25, 0.3) is 6.08 Å². The highest BCUT2D eigenvalue weighted by molar-refractivity contribution is 5.47. The summed E-state index contributed by atoms with van der Waals surface area (Å²) in [7, 11) is 0. The van der Waals surface area contributed by atoms with Gasteiger partial charge < -0.3 is 0 Å². The summed E-state index contributed by atoms with van der Waals surface area (Å²) in [5.41, 5.74) is 3.56. The Morgan fingerprint density at radius 3 is 2.50 bits per heavy atom. The van der Waals surface area contributed by atoms with Gasteiger partial charge in [0, 0.05) is 18.3 Å². The number of nitrogens with zero attached hydrogens (tertiary/aromatic N) is 1. The largest absolute Gasteiger partial charge is 0.260 e. The van der Waals surface area contributed by atoms with Crippen molar-refractivity contribution in [2.24, 2.45) is 0 Å². The molecule has 0 N–H and O–H groups in total. The lowest BCUT2D eigenvalue weighted by Crippen LogP contribution is -1.91. The molecule has 2 rings (SSSR count). The summed E-state index contributed by atoms with van der Waals surface area (Å²) in [5, 5.41) is 0. The molecular formula is C15H15N. The van der Waals surface area contributed by atoms with Crippen molar-refractivity contribution in [3.05, 3.63) is 71.6 Å². The Morgan fingerprint density at radius 2 is 1.88 bits per heavy atom. The first-order chi connectivity index (χ1) is 7.88. The summed E-state index contributed by atoms with van der Waals surface area (Å²) in [6, 6.07) is 14.6. The zero-order valence-corrected chi connectivity index (χ0v) is 9.43. The summed E-state index contributed by atoms with van der Waals surface area (Å²) in [5.74, 6) is 0. The second-order valence-electron chi connectivity index (χ2n) is 3.75. The number of allylic oxidation sites excluding steroid dienone is 1. The minimum Gasteiger partial charge on any atom is -0.260 e. The molecule has 1 aromatic carbocycles. The first-order valence-electron chi connectivity index (χ1n) is 5.50. The average molecular weight is 209 g/mol. The second-order valence-corrected chi connectivity index (χ2v) is 3.75. The third-order valence-electron chi connectivity index (χ3n) is 2.43. The number of hydrogen-bond acceptors (Lipinski definition) is 1. The Hall–Kier alpha value is -1.89. The van der Waals surface area contributed by atoms with E-state index in [4.69, 9.17) is 0 Å². The standard InChI is InChI=1S/C15H15N/c1-2-6-14-9-10-15(16-12-14)11-13-7-4-3-5-8-13/h2-10,12H,11H2,1H3/b6-2+. The first-order valence-corrected chi connectivity index (χ1v) is 5.50. The van der Waals surface area contributed by atoms with Gasteiger partial charge in [0.1, 0.15) is 0 Å². The van der Waals surface area contributed by atoms with Gasteiger partial charge in [0.15, 0.2) is 0 Å². The van der Waals surface area contributed by atoms with Gasteiger partial charge in [-0.1, -0.05) is 48.6 Å². The minimum absolute atomic E-state index is 0.900. The fraction of sp³-hybridized carbons (Fsp3) is 0.133. The quantitative estimate of drug-likeness (QED) is 0.751. The van der Waals surface area contributed by atoms with E-state index in [0.717, 1.165) is 17.7 Å². The van der Waals surface area contributed by atoms with Crippen molar-refractivity contribution in [2.45, 2.75) is 13.3 Å². The molecule has 0 aliphatic rings. The Labute approximate surface area is 96.5 Å². The molecule has 2 aromatic rings. The predicted molar refractivity (Wildman–Crippen MR) is 68.2 cm³/mol. The van der Waals surface area contributed by atoms with E-state index in [1.54, 1.807) is 0 Å². The monoisotopic (exact) mass is 209 g/mol. The van der Waals surface area contributed by atoms with Crippen LogP contribution < -0.4 is 0 Å². The topological polar surface area (TPSA) is 12.9 Å². The summed E-state index contributed by atoms with van der Waals surface area (Å²) < 4.78 is 0. The van der Waals surface area contributed by atoms with Gasteiger partial charge in [0.2, 0.25) is 0 Å². The molecule has 1 aromatic heterocycles. The van der Waals surface area contributed by atoms with Gasteiger partial charge in [-0.05, 0) is 24.1 Å². The van der Waals surface area contributed by atoms with E-state index in [-0.39, 0.29) is 0 Å². The van der Waals surface area contributed by atoms with Gasteiger partial charge in [-0.3, -0.25) is 4.98 Å². The van der Waals surface area contributed by atoms with Crippen molar-refractivity contribution in [2.75, 3.05) is 0 Å². The zero-order chi connectivity index (χ0) is 11.2. The van der Waals surface area contributed by atoms with Crippen LogP contribution in [-0.4, -0.2) is 4.98 Å². The normalized spacial score (nSPS) is 10.8. The van der Waals surface area contributed by atoms with E-state index in [1.165, 1.54) is 5.56 Å². The molecule has 1 nitrogen and oxygen atoms in total. The van der Waals surface area contributed by atoms with Crippen LogP contribution in [0.4, 0.5) is 0 Å². The number of pyridine rings is 1. The SMILES string of the molecule is C/C=C/c1ccc(Cc2ccccc2)nc1. The first kappa shape index (κ1) is 10.6. The van der Waals surface area contributed by atoms with E-state index in [1.807, 2.05) is 25.3 Å². The molecule has 1 heteroatoms. The fourth-order valence-electron chi connectivity index (χ4n) is 1.64. The molecule has 0 unspecified atom stereocenters. The van der Waals surface area contributed by atoms with Crippen LogP contribution >= 0.6 is 0 Å². The molecule has 0 aliphatic carbocycles. The molecule has 16 heavy (non-hydrogen) atoms. The molecule has 0 amide bonds. The van der Waals surface area contributed by atoms with E-state index in [9.17, 15) is 0 Å². The van der Waals surface area contributed by atoms with Crippen LogP contribution in [0, 0.1) is 0 Å². The minimum atomic E-state index is 0.900. The molecule has 0 fully saturated rings. The Bertz CT molecular complexity index is 455. The highest BCUT2D eigenvalue weighted by atomic mass is 14.7. The van der Waals surface area contributed by atoms with Crippen molar-refractivity contribution >= 4 is 6.08 Å². The van der Waals surface area contributed by atoms with Gasteiger partial charge >= 0.3 is 0 Å². The smallest absolute Gasteiger partial charge is 0.0447 e. The summed E-state index contributed by atoms with van der Waals surface area (Å²) in [6.45, 7) is 2.01.